The number of likely N-dealkylation sites (N-methyl/N-ethyl adjacent to an activating group) is 1. The zero-order valence-corrected chi connectivity index (χ0v) is 37.6. The molecule has 15 nitrogen and oxygen atoms in total. The van der Waals surface area contributed by atoms with Crippen LogP contribution in [0.3, 0.4) is 0 Å². The van der Waals surface area contributed by atoms with E-state index in [9.17, 15) is 19.5 Å². The summed E-state index contributed by atoms with van der Waals surface area (Å²) in [5.74, 6) is 1.52. The summed E-state index contributed by atoms with van der Waals surface area (Å²) in [7, 11) is 2.57. The molecule has 3 atom stereocenters. The number of nitrogens with zero attached hydrogens (tertiary/aromatic N) is 7. The lowest BCUT2D eigenvalue weighted by molar-refractivity contribution is -0.136. The Balaban J connectivity index is 0.753. The molecule has 1 unspecified atom stereocenters. The van der Waals surface area contributed by atoms with Gasteiger partial charge in [-0.2, -0.15) is 0 Å². The van der Waals surface area contributed by atoms with Crippen LogP contribution in [0.25, 0.3) is 11.3 Å². The fourth-order valence-electron chi connectivity index (χ4n) is 9.98. The predicted molar refractivity (Wildman–Crippen MR) is 242 cm³/mol. The average Bonchev–Trinajstić information content (AvgIpc) is 3.28. The molecule has 326 valence electrons. The number of benzene rings is 3. The number of nitrogens with one attached hydrogen (secondary N) is 1. The molecule has 1 aromatic heterocycles. The van der Waals surface area contributed by atoms with Crippen molar-refractivity contribution in [3.63, 3.8) is 0 Å². The number of phenolic OH excluding ortho intramolecular Hbond substituents is 1. The van der Waals surface area contributed by atoms with Gasteiger partial charge in [-0.1, -0.05) is 30.3 Å². The van der Waals surface area contributed by atoms with E-state index in [2.05, 4.69) is 71.5 Å². The molecule has 6 heterocycles. The molecule has 4 aromatic rings. The fourth-order valence-corrected chi connectivity index (χ4v) is 10.6. The van der Waals surface area contributed by atoms with Gasteiger partial charge in [0, 0.05) is 85.7 Å². The highest BCUT2D eigenvalue weighted by atomic mass is 28.1. The Labute approximate surface area is 365 Å². The Morgan fingerprint density at radius 1 is 0.952 bits per heavy atom. The van der Waals surface area contributed by atoms with E-state index in [4.69, 9.17) is 15.2 Å². The number of carbonyl (C=O) groups is 3. The van der Waals surface area contributed by atoms with Gasteiger partial charge in [0.2, 0.25) is 17.7 Å². The predicted octanol–water partition coefficient (Wildman–Crippen LogP) is 2.71. The number of hydrogen-bond acceptors (Lipinski definition) is 13. The molecule has 0 aliphatic carbocycles. The number of aromatic nitrogens is 2. The zero-order valence-electron chi connectivity index (χ0n) is 35.6. The van der Waals surface area contributed by atoms with Crippen LogP contribution in [0.4, 0.5) is 22.9 Å². The maximum absolute atomic E-state index is 13.5. The Hall–Kier alpha value is -5.71. The Kier molecular flexibility index (Phi) is 11.8. The van der Waals surface area contributed by atoms with Crippen LogP contribution in [0, 0.1) is 0 Å². The molecule has 9 rings (SSSR count). The molecule has 3 amide bonds. The number of nitrogens with two attached hydrogens (primary N) is 1. The third kappa shape index (κ3) is 8.55. The van der Waals surface area contributed by atoms with Crippen LogP contribution in [0.15, 0.2) is 78.9 Å². The number of nitrogen functional groups attached to an aromatic ring is 1. The van der Waals surface area contributed by atoms with Crippen molar-refractivity contribution in [1.82, 2.24) is 25.3 Å². The number of likely N-dealkylation sites (tertiary alicyclic amines) is 2. The summed E-state index contributed by atoms with van der Waals surface area (Å²) in [5, 5.41) is 20.9. The maximum atomic E-state index is 13.5. The minimum Gasteiger partial charge on any atom is -0.507 e. The summed E-state index contributed by atoms with van der Waals surface area (Å²) in [5.41, 5.74) is 11.7. The minimum atomic E-state index is -0.644. The first kappa shape index (κ1) is 41.6. The largest absolute Gasteiger partial charge is 0.507 e. The molecule has 0 saturated carbocycles. The SMILES string of the molecule is CN(c1cccc(C2CCN(CC(=O)N3CCC(Oc4cccc(N5C6COC[C@@H]5CN(c5cc(-c7ccccc7O)nnc5N)C6)c4)CC3)CC2)c1)[C@]1([SiH3])CCC(=O)NC1=O. The number of carbonyl (C=O) groups excluding carboxylic acids is 3. The average molecular weight is 860 g/mol. The summed E-state index contributed by atoms with van der Waals surface area (Å²) >= 11 is 0. The fraction of sp³-hybridized carbons (Fsp3) is 0.457. The highest BCUT2D eigenvalue weighted by Crippen LogP contribution is 2.37. The van der Waals surface area contributed by atoms with Crippen molar-refractivity contribution in [3.8, 4) is 22.8 Å². The molecule has 5 saturated heterocycles. The second-order valence-corrected chi connectivity index (χ2v) is 19.4. The number of hydrogen-bond donors (Lipinski definition) is 3. The van der Waals surface area contributed by atoms with Gasteiger partial charge < -0.3 is 39.9 Å². The lowest BCUT2D eigenvalue weighted by Crippen LogP contribution is -2.65. The molecule has 5 aliphatic rings. The molecule has 0 spiro atoms. The highest BCUT2D eigenvalue weighted by Gasteiger charge is 2.42. The van der Waals surface area contributed by atoms with E-state index in [1.807, 2.05) is 42.3 Å². The number of anilines is 4. The van der Waals surface area contributed by atoms with Crippen molar-refractivity contribution < 1.29 is 29.0 Å². The van der Waals surface area contributed by atoms with Gasteiger partial charge in [0.25, 0.3) is 0 Å². The van der Waals surface area contributed by atoms with E-state index < -0.39 is 5.16 Å². The van der Waals surface area contributed by atoms with Crippen molar-refractivity contribution in [1.29, 1.82) is 0 Å². The number of aromatic hydroxyl groups is 1. The normalized spacial score (nSPS) is 23.9. The standard InChI is InChI=1S/C46H57N9O6Si/c1-51(46(62)17-12-42(57)48-45(46)59)32-7-4-6-31(22-32)30-13-18-52(19-14-30)27-43(58)53-20-15-36(16-21-53)61-37-9-5-8-33(23-37)55-34-25-54(26-35(55)29-60-28-34)40-24-39(49-50-44(40)47)38-10-2-3-11-41(38)56/h2-11,22-24,30,34-36,56H,12-21,25-29H2,1,62H3,(H2,47,50)(H,48,57,59)/t34-,35?,46-/m0/s1. The molecular formula is C46H57N9O6Si. The number of phenols is 1. The number of imide groups is 1. The van der Waals surface area contributed by atoms with E-state index in [1.54, 1.807) is 12.1 Å². The third-order valence-electron chi connectivity index (χ3n) is 13.8. The third-order valence-corrected chi connectivity index (χ3v) is 15.4. The number of amides is 3. The summed E-state index contributed by atoms with van der Waals surface area (Å²) in [6.45, 7) is 6.03. The highest BCUT2D eigenvalue weighted by molar-refractivity contribution is 6.32. The molecule has 5 fully saturated rings. The summed E-state index contributed by atoms with van der Waals surface area (Å²) in [6, 6.07) is 26.0. The van der Waals surface area contributed by atoms with Gasteiger partial charge in [0.05, 0.1) is 48.4 Å². The van der Waals surface area contributed by atoms with E-state index in [-0.39, 0.29) is 41.7 Å². The monoisotopic (exact) mass is 859 g/mol. The van der Waals surface area contributed by atoms with Gasteiger partial charge in [-0.05, 0) is 86.3 Å². The van der Waals surface area contributed by atoms with E-state index in [0.717, 1.165) is 61.6 Å². The molecule has 0 radical (unpaired) electrons. The van der Waals surface area contributed by atoms with Crippen molar-refractivity contribution in [2.45, 2.75) is 67.8 Å². The van der Waals surface area contributed by atoms with Crippen molar-refractivity contribution in [2.24, 2.45) is 0 Å². The van der Waals surface area contributed by atoms with Crippen LogP contribution < -0.4 is 30.5 Å². The van der Waals surface area contributed by atoms with Crippen LogP contribution in [0.5, 0.6) is 11.5 Å². The summed E-state index contributed by atoms with van der Waals surface area (Å²) in [6.07, 6.45) is 4.44. The number of piperazine rings is 1. The van der Waals surface area contributed by atoms with E-state index in [0.29, 0.717) is 92.0 Å². The van der Waals surface area contributed by atoms with Crippen LogP contribution in [-0.2, 0) is 19.1 Å². The van der Waals surface area contributed by atoms with Crippen LogP contribution in [-0.4, -0.2) is 142 Å². The van der Waals surface area contributed by atoms with Gasteiger partial charge in [-0.25, -0.2) is 0 Å². The quantitative estimate of drug-likeness (QED) is 0.157. The number of piperidine rings is 3. The first-order valence-corrected chi connectivity index (χ1v) is 23.0. The van der Waals surface area contributed by atoms with Crippen LogP contribution in [0.2, 0.25) is 0 Å². The van der Waals surface area contributed by atoms with Crippen molar-refractivity contribution in [2.75, 3.05) is 86.5 Å². The van der Waals surface area contributed by atoms with Crippen LogP contribution >= 0.6 is 0 Å². The Morgan fingerprint density at radius 2 is 1.69 bits per heavy atom. The number of morpholine rings is 1. The van der Waals surface area contributed by atoms with Gasteiger partial charge in [-0.15, -0.1) is 10.2 Å². The second kappa shape index (κ2) is 17.6. The van der Waals surface area contributed by atoms with E-state index in [1.165, 1.54) is 5.56 Å². The molecule has 16 heteroatoms. The Morgan fingerprint density at radius 3 is 2.44 bits per heavy atom. The Bertz CT molecular complexity index is 2290. The van der Waals surface area contributed by atoms with Gasteiger partial charge in [-0.3, -0.25) is 24.6 Å². The summed E-state index contributed by atoms with van der Waals surface area (Å²) < 4.78 is 12.6. The lowest BCUT2D eigenvalue weighted by Gasteiger charge is -2.51. The van der Waals surface area contributed by atoms with Crippen molar-refractivity contribution in [3.05, 3.63) is 84.4 Å². The van der Waals surface area contributed by atoms with Crippen LogP contribution in [0.1, 0.15) is 50.0 Å². The van der Waals surface area contributed by atoms with Crippen molar-refractivity contribution >= 4 is 50.8 Å². The molecule has 4 N–H and O–H groups in total. The molecule has 2 bridgehead atoms. The zero-order chi connectivity index (χ0) is 43.0. The van der Waals surface area contributed by atoms with Gasteiger partial charge in [0.1, 0.15) is 17.6 Å². The van der Waals surface area contributed by atoms with E-state index >= 15 is 0 Å². The number of rotatable bonds is 10. The van der Waals surface area contributed by atoms with Gasteiger partial charge in [0.15, 0.2) is 5.82 Å². The molecular weight excluding hydrogens is 803 g/mol. The first-order chi connectivity index (χ1) is 30.0. The minimum absolute atomic E-state index is 0.0277. The summed E-state index contributed by atoms with van der Waals surface area (Å²) in [4.78, 5) is 49.2. The number of para-hydroxylation sites is 1. The topological polar surface area (TPSA) is 170 Å². The lowest BCUT2D eigenvalue weighted by atomic mass is 9.89. The maximum Gasteiger partial charge on any atom is 0.247 e. The van der Waals surface area contributed by atoms with Gasteiger partial charge >= 0.3 is 0 Å². The smallest absolute Gasteiger partial charge is 0.247 e. The number of fused-ring (bicyclic) bond motifs is 2. The first-order valence-electron chi connectivity index (χ1n) is 22.0. The molecule has 3 aromatic carbocycles. The molecule has 62 heavy (non-hydrogen) atoms. The number of ether oxygens (including phenoxy) is 2. The molecule has 5 aliphatic heterocycles. The second-order valence-electron chi connectivity index (χ2n) is 17.7.